The molecule has 1 rings (SSSR count). The smallest absolute Gasteiger partial charge is 0.229 e. The monoisotopic (exact) mass is 344 g/mol. The molecule has 2 N–H and O–H groups in total. The second-order valence-electron chi connectivity index (χ2n) is 4.55. The van der Waals surface area contributed by atoms with E-state index < -0.39 is 0 Å². The number of hydrogen-bond donors (Lipinski definition) is 2. The summed E-state index contributed by atoms with van der Waals surface area (Å²) >= 11 is 3.12. The van der Waals surface area contributed by atoms with Gasteiger partial charge in [-0.1, -0.05) is 6.07 Å². The van der Waals surface area contributed by atoms with E-state index in [-0.39, 0.29) is 30.1 Å². The molecule has 0 radical (unpaired) electrons. The number of carbonyl (C=O) groups is 2. The van der Waals surface area contributed by atoms with Crippen molar-refractivity contribution in [3.63, 3.8) is 0 Å². The lowest BCUT2D eigenvalue weighted by Gasteiger charge is -2.14. The van der Waals surface area contributed by atoms with Crippen molar-refractivity contribution in [2.75, 3.05) is 6.54 Å². The Kier molecular flexibility index (Phi) is 6.64. The third-order valence-electron chi connectivity index (χ3n) is 2.63. The van der Waals surface area contributed by atoms with Crippen molar-refractivity contribution in [2.24, 2.45) is 0 Å². The summed E-state index contributed by atoms with van der Waals surface area (Å²) in [4.78, 5) is 22.9. The summed E-state index contributed by atoms with van der Waals surface area (Å²) < 4.78 is 13.5. The predicted octanol–water partition coefficient (Wildman–Crippen LogP) is 2.16. The largest absolute Gasteiger partial charge is 0.356 e. The fourth-order valence-corrected chi connectivity index (χ4v) is 2.23. The van der Waals surface area contributed by atoms with Gasteiger partial charge in [0.15, 0.2) is 0 Å². The molecule has 0 aliphatic rings. The van der Waals surface area contributed by atoms with E-state index in [1.807, 2.05) is 6.92 Å². The maximum atomic E-state index is 13.1. The molecule has 4 nitrogen and oxygen atoms in total. The van der Waals surface area contributed by atoms with Gasteiger partial charge in [-0.2, -0.15) is 0 Å². The molecule has 110 valence electrons. The van der Waals surface area contributed by atoms with Gasteiger partial charge in [0.2, 0.25) is 11.8 Å². The zero-order valence-corrected chi connectivity index (χ0v) is 13.1. The van der Waals surface area contributed by atoms with E-state index in [0.717, 1.165) is 5.56 Å². The summed E-state index contributed by atoms with van der Waals surface area (Å²) in [6.45, 7) is 4.14. The SMILES string of the molecule is CCNC(=O)CC(=O)N[C@H](C)Cc1ccc(F)c(Br)c1. The molecule has 2 amide bonds. The van der Waals surface area contributed by atoms with Gasteiger partial charge in [0.1, 0.15) is 12.2 Å². The molecule has 0 saturated heterocycles. The fourth-order valence-electron chi connectivity index (χ4n) is 1.80. The molecule has 1 aromatic carbocycles. The van der Waals surface area contributed by atoms with Crippen LogP contribution in [0.3, 0.4) is 0 Å². The molecule has 0 aliphatic carbocycles. The minimum Gasteiger partial charge on any atom is -0.356 e. The fraction of sp³-hybridized carbons (Fsp3) is 0.429. The van der Waals surface area contributed by atoms with Gasteiger partial charge in [0.25, 0.3) is 0 Å². The van der Waals surface area contributed by atoms with Crippen LogP contribution in [0.5, 0.6) is 0 Å². The highest BCUT2D eigenvalue weighted by atomic mass is 79.9. The molecule has 0 spiro atoms. The second kappa shape index (κ2) is 7.99. The van der Waals surface area contributed by atoms with E-state index in [1.165, 1.54) is 6.07 Å². The average molecular weight is 345 g/mol. The first-order chi connectivity index (χ1) is 9.42. The number of rotatable bonds is 6. The van der Waals surface area contributed by atoms with E-state index in [9.17, 15) is 14.0 Å². The molecule has 0 fully saturated rings. The van der Waals surface area contributed by atoms with Crippen LogP contribution in [0.1, 0.15) is 25.8 Å². The summed E-state index contributed by atoms with van der Waals surface area (Å²) in [5.74, 6) is -0.923. The third-order valence-corrected chi connectivity index (χ3v) is 3.24. The number of hydrogen-bond acceptors (Lipinski definition) is 2. The highest BCUT2D eigenvalue weighted by Crippen LogP contribution is 2.17. The van der Waals surface area contributed by atoms with Crippen molar-refractivity contribution in [1.82, 2.24) is 10.6 Å². The van der Waals surface area contributed by atoms with Crippen molar-refractivity contribution in [3.05, 3.63) is 34.1 Å². The first kappa shape index (κ1) is 16.6. The Morgan fingerprint density at radius 2 is 2.05 bits per heavy atom. The van der Waals surface area contributed by atoms with Gasteiger partial charge in [0.05, 0.1) is 4.47 Å². The highest BCUT2D eigenvalue weighted by Gasteiger charge is 2.12. The third kappa shape index (κ3) is 5.69. The molecular formula is C14H18BrFN2O2. The predicted molar refractivity (Wildman–Crippen MR) is 78.7 cm³/mol. The zero-order valence-electron chi connectivity index (χ0n) is 11.5. The quantitative estimate of drug-likeness (QED) is 0.777. The molecular weight excluding hydrogens is 327 g/mol. The van der Waals surface area contributed by atoms with Crippen LogP contribution in [0.2, 0.25) is 0 Å². The molecule has 6 heteroatoms. The van der Waals surface area contributed by atoms with Crippen molar-refractivity contribution < 1.29 is 14.0 Å². The molecule has 0 unspecified atom stereocenters. The van der Waals surface area contributed by atoms with Crippen LogP contribution in [0.4, 0.5) is 4.39 Å². The molecule has 0 bridgehead atoms. The Bertz CT molecular complexity index is 494. The highest BCUT2D eigenvalue weighted by molar-refractivity contribution is 9.10. The van der Waals surface area contributed by atoms with Crippen LogP contribution in [-0.4, -0.2) is 24.4 Å². The Morgan fingerprint density at radius 1 is 1.35 bits per heavy atom. The van der Waals surface area contributed by atoms with E-state index in [0.29, 0.717) is 17.4 Å². The Balaban J connectivity index is 2.46. The lowest BCUT2D eigenvalue weighted by Crippen LogP contribution is -2.37. The van der Waals surface area contributed by atoms with Gasteiger partial charge in [-0.25, -0.2) is 4.39 Å². The van der Waals surface area contributed by atoms with Crippen molar-refractivity contribution in [3.8, 4) is 0 Å². The number of benzene rings is 1. The van der Waals surface area contributed by atoms with Gasteiger partial charge in [0, 0.05) is 12.6 Å². The maximum absolute atomic E-state index is 13.1. The minimum absolute atomic E-state index is 0.130. The minimum atomic E-state index is -0.318. The Labute approximate surface area is 126 Å². The number of carbonyl (C=O) groups excluding carboxylic acids is 2. The average Bonchev–Trinajstić information content (AvgIpc) is 2.33. The number of halogens is 2. The first-order valence-electron chi connectivity index (χ1n) is 6.42. The molecule has 1 aromatic rings. The van der Waals surface area contributed by atoms with Gasteiger partial charge < -0.3 is 10.6 Å². The van der Waals surface area contributed by atoms with Crippen molar-refractivity contribution in [2.45, 2.75) is 32.7 Å². The standard InChI is InChI=1S/C14H18BrFN2O2/c1-3-17-13(19)8-14(20)18-9(2)6-10-4-5-12(16)11(15)7-10/h4-5,7,9H,3,6,8H2,1-2H3,(H,17,19)(H,18,20)/t9-/m1/s1. The van der Waals surface area contributed by atoms with Crippen molar-refractivity contribution in [1.29, 1.82) is 0 Å². The summed E-state index contributed by atoms with van der Waals surface area (Å²) in [5.41, 5.74) is 0.907. The topological polar surface area (TPSA) is 58.2 Å². The van der Waals surface area contributed by atoms with Crippen LogP contribution in [-0.2, 0) is 16.0 Å². The van der Waals surface area contributed by atoms with Crippen LogP contribution in [0.25, 0.3) is 0 Å². The van der Waals surface area contributed by atoms with Gasteiger partial charge in [-0.3, -0.25) is 9.59 Å². The maximum Gasteiger partial charge on any atom is 0.229 e. The van der Waals surface area contributed by atoms with E-state index in [1.54, 1.807) is 19.1 Å². The molecule has 1 atom stereocenters. The Morgan fingerprint density at radius 3 is 2.65 bits per heavy atom. The van der Waals surface area contributed by atoms with Crippen LogP contribution < -0.4 is 10.6 Å². The molecule has 0 aromatic heterocycles. The van der Waals surface area contributed by atoms with E-state index in [2.05, 4.69) is 26.6 Å². The van der Waals surface area contributed by atoms with Crippen LogP contribution >= 0.6 is 15.9 Å². The first-order valence-corrected chi connectivity index (χ1v) is 7.21. The van der Waals surface area contributed by atoms with Gasteiger partial charge >= 0.3 is 0 Å². The van der Waals surface area contributed by atoms with Crippen molar-refractivity contribution >= 4 is 27.7 Å². The molecule has 0 heterocycles. The van der Waals surface area contributed by atoms with Gasteiger partial charge in [-0.05, 0) is 53.9 Å². The van der Waals surface area contributed by atoms with E-state index >= 15 is 0 Å². The van der Waals surface area contributed by atoms with Crippen LogP contribution in [0.15, 0.2) is 22.7 Å². The summed E-state index contributed by atoms with van der Waals surface area (Å²) in [6, 6.07) is 4.60. The molecule has 0 saturated carbocycles. The van der Waals surface area contributed by atoms with Crippen LogP contribution in [0, 0.1) is 5.82 Å². The lowest BCUT2D eigenvalue weighted by molar-refractivity contribution is -0.129. The summed E-state index contributed by atoms with van der Waals surface area (Å²) in [5, 5.41) is 5.31. The summed E-state index contributed by atoms with van der Waals surface area (Å²) in [6.07, 6.45) is 0.394. The summed E-state index contributed by atoms with van der Waals surface area (Å²) in [7, 11) is 0. The second-order valence-corrected chi connectivity index (χ2v) is 5.41. The normalized spacial score (nSPS) is 11.8. The molecule has 0 aliphatic heterocycles. The zero-order chi connectivity index (χ0) is 15.1. The van der Waals surface area contributed by atoms with E-state index in [4.69, 9.17) is 0 Å². The van der Waals surface area contributed by atoms with Gasteiger partial charge in [-0.15, -0.1) is 0 Å². The number of nitrogens with one attached hydrogen (secondary N) is 2. The number of amides is 2. The lowest BCUT2D eigenvalue weighted by atomic mass is 10.1. The molecule has 20 heavy (non-hydrogen) atoms. The Hall–Kier alpha value is -1.43.